The van der Waals surface area contributed by atoms with E-state index in [2.05, 4.69) is 4.98 Å². The zero-order valence-corrected chi connectivity index (χ0v) is 17.4. The number of rotatable bonds is 3. The first-order valence-corrected chi connectivity index (χ1v) is 11.0. The van der Waals surface area contributed by atoms with E-state index in [1.54, 1.807) is 9.21 Å². The summed E-state index contributed by atoms with van der Waals surface area (Å²) in [6, 6.07) is 0.851. The molecule has 2 aliphatic heterocycles. The minimum atomic E-state index is -4.51. The van der Waals surface area contributed by atoms with E-state index in [9.17, 15) is 21.6 Å². The first kappa shape index (κ1) is 21.6. The molecule has 0 unspecified atom stereocenters. The molecule has 2 atom stereocenters. The van der Waals surface area contributed by atoms with Crippen molar-refractivity contribution in [3.63, 3.8) is 0 Å². The van der Waals surface area contributed by atoms with Crippen molar-refractivity contribution < 1.29 is 21.6 Å². The molecule has 2 fully saturated rings. The lowest BCUT2D eigenvalue weighted by Crippen LogP contribution is -2.55. The number of nitrogens with zero attached hydrogens (tertiary/aromatic N) is 4. The predicted octanol–water partition coefficient (Wildman–Crippen LogP) is 3.10. The fourth-order valence-corrected chi connectivity index (χ4v) is 6.03. The van der Waals surface area contributed by atoms with E-state index < -0.39 is 21.9 Å². The van der Waals surface area contributed by atoms with Crippen LogP contribution in [0.25, 0.3) is 0 Å². The summed E-state index contributed by atoms with van der Waals surface area (Å²) in [6.45, 7) is 6.23. The van der Waals surface area contributed by atoms with Gasteiger partial charge in [0.2, 0.25) is 0 Å². The lowest BCUT2D eigenvalue weighted by molar-refractivity contribution is -0.137. The van der Waals surface area contributed by atoms with Crippen LogP contribution in [0.2, 0.25) is 5.02 Å². The SMILES string of the molecule is C[C@H]1C[C@H](C)CN(S(=O)(=O)N2CCN(c3ncc(C(F)(F)F)cc3Cl)CC2)C1. The van der Waals surface area contributed by atoms with Gasteiger partial charge in [0.1, 0.15) is 5.82 Å². The van der Waals surface area contributed by atoms with Gasteiger partial charge in [-0.15, -0.1) is 0 Å². The monoisotopic (exact) mass is 440 g/mol. The van der Waals surface area contributed by atoms with E-state index in [0.29, 0.717) is 38.0 Å². The molecule has 0 saturated carbocycles. The second kappa shape index (κ2) is 7.97. The highest BCUT2D eigenvalue weighted by Crippen LogP contribution is 2.34. The molecule has 0 amide bonds. The van der Waals surface area contributed by atoms with Gasteiger partial charge in [-0.25, -0.2) is 4.98 Å². The summed E-state index contributed by atoms with van der Waals surface area (Å²) in [5.74, 6) is 0.872. The van der Waals surface area contributed by atoms with Crippen LogP contribution >= 0.6 is 11.6 Å². The molecule has 0 N–H and O–H groups in total. The Hall–Kier alpha value is -1.10. The van der Waals surface area contributed by atoms with Crippen LogP contribution in [0.15, 0.2) is 12.3 Å². The van der Waals surface area contributed by atoms with Gasteiger partial charge in [-0.1, -0.05) is 25.4 Å². The van der Waals surface area contributed by atoms with Gasteiger partial charge in [-0.2, -0.15) is 30.2 Å². The number of halogens is 4. The van der Waals surface area contributed by atoms with Gasteiger partial charge >= 0.3 is 6.18 Å². The first-order valence-electron chi connectivity index (χ1n) is 9.21. The standard InChI is InChI=1S/C17H24ClF3N4O2S/c1-12-7-13(2)11-25(10-12)28(26,27)24-5-3-23(4-6-24)16-15(18)8-14(9-22-16)17(19,20)21/h8-9,12-13H,3-7,10-11H2,1-2H3/t12-,13-/m0/s1. The van der Waals surface area contributed by atoms with E-state index in [1.807, 2.05) is 13.8 Å². The summed E-state index contributed by atoms with van der Waals surface area (Å²) >= 11 is 6.00. The average Bonchev–Trinajstić information content (AvgIpc) is 2.60. The normalized spacial score (nSPS) is 25.9. The number of aromatic nitrogens is 1. The Morgan fingerprint density at radius 1 is 1.07 bits per heavy atom. The van der Waals surface area contributed by atoms with Crippen molar-refractivity contribution in [3.8, 4) is 0 Å². The van der Waals surface area contributed by atoms with Gasteiger partial charge in [0.15, 0.2) is 0 Å². The Bertz CT molecular complexity index is 803. The largest absolute Gasteiger partial charge is 0.417 e. The highest BCUT2D eigenvalue weighted by molar-refractivity contribution is 7.86. The van der Waals surface area contributed by atoms with Crippen LogP contribution in [0.1, 0.15) is 25.8 Å². The van der Waals surface area contributed by atoms with Crippen LogP contribution in [-0.2, 0) is 16.4 Å². The maximum Gasteiger partial charge on any atom is 0.417 e. The molecule has 6 nitrogen and oxygen atoms in total. The Kier molecular flexibility index (Phi) is 6.15. The highest BCUT2D eigenvalue weighted by atomic mass is 35.5. The van der Waals surface area contributed by atoms with Gasteiger partial charge in [0.25, 0.3) is 10.2 Å². The summed E-state index contributed by atoms with van der Waals surface area (Å²) in [5.41, 5.74) is -0.907. The van der Waals surface area contributed by atoms with E-state index >= 15 is 0 Å². The third-order valence-electron chi connectivity index (χ3n) is 5.18. The van der Waals surface area contributed by atoms with Crippen molar-refractivity contribution in [1.82, 2.24) is 13.6 Å². The zero-order valence-electron chi connectivity index (χ0n) is 15.8. The van der Waals surface area contributed by atoms with Crippen LogP contribution in [0.5, 0.6) is 0 Å². The Morgan fingerprint density at radius 2 is 1.64 bits per heavy atom. The van der Waals surface area contributed by atoms with Crippen molar-refractivity contribution in [3.05, 3.63) is 22.8 Å². The molecular formula is C17H24ClF3N4O2S. The van der Waals surface area contributed by atoms with Crippen molar-refractivity contribution in [1.29, 1.82) is 0 Å². The van der Waals surface area contributed by atoms with Gasteiger partial charge in [-0.05, 0) is 24.3 Å². The van der Waals surface area contributed by atoms with Crippen molar-refractivity contribution >= 4 is 27.6 Å². The second-order valence-corrected chi connectivity index (χ2v) is 10.0. The predicted molar refractivity (Wildman–Crippen MR) is 101 cm³/mol. The van der Waals surface area contributed by atoms with Crippen molar-refractivity contribution in [2.45, 2.75) is 26.4 Å². The summed E-state index contributed by atoms with van der Waals surface area (Å²) in [6.07, 6.45) is -2.75. The average molecular weight is 441 g/mol. The summed E-state index contributed by atoms with van der Waals surface area (Å²) in [5, 5.41) is -0.0928. The third-order valence-corrected chi connectivity index (χ3v) is 7.42. The molecule has 158 valence electrons. The molecule has 0 aromatic carbocycles. The first-order chi connectivity index (χ1) is 13.0. The maximum atomic E-state index is 13.0. The van der Waals surface area contributed by atoms with Crippen molar-refractivity contribution in [2.24, 2.45) is 11.8 Å². The Labute approximate surface area is 168 Å². The molecule has 0 bridgehead atoms. The van der Waals surface area contributed by atoms with E-state index in [0.717, 1.165) is 18.7 Å². The molecule has 28 heavy (non-hydrogen) atoms. The lowest BCUT2D eigenvalue weighted by Gasteiger charge is -2.40. The van der Waals surface area contributed by atoms with Gasteiger partial charge in [-0.3, -0.25) is 0 Å². The van der Waals surface area contributed by atoms with Gasteiger partial charge in [0, 0.05) is 45.5 Å². The van der Waals surface area contributed by atoms with Gasteiger partial charge in [0.05, 0.1) is 10.6 Å². The number of hydrogen-bond acceptors (Lipinski definition) is 4. The molecule has 3 rings (SSSR count). The van der Waals surface area contributed by atoms with E-state index in [1.165, 1.54) is 4.31 Å². The van der Waals surface area contributed by atoms with E-state index in [4.69, 9.17) is 11.6 Å². The number of hydrogen-bond donors (Lipinski definition) is 0. The smallest absolute Gasteiger partial charge is 0.353 e. The van der Waals surface area contributed by atoms with Crippen LogP contribution < -0.4 is 4.90 Å². The second-order valence-electron chi connectivity index (χ2n) is 7.68. The molecular weight excluding hydrogens is 417 g/mol. The Balaban J connectivity index is 1.67. The lowest BCUT2D eigenvalue weighted by atomic mass is 9.94. The minimum absolute atomic E-state index is 0.0928. The highest BCUT2D eigenvalue weighted by Gasteiger charge is 2.37. The number of piperidine rings is 1. The quantitative estimate of drug-likeness (QED) is 0.724. The fraction of sp³-hybridized carbons (Fsp3) is 0.706. The van der Waals surface area contributed by atoms with Crippen LogP contribution in [0.3, 0.4) is 0 Å². The minimum Gasteiger partial charge on any atom is -0.353 e. The number of piperazine rings is 1. The molecule has 2 saturated heterocycles. The van der Waals surface area contributed by atoms with Gasteiger partial charge < -0.3 is 4.90 Å². The number of pyridine rings is 1. The molecule has 0 spiro atoms. The third kappa shape index (κ3) is 4.55. The Morgan fingerprint density at radius 3 is 2.14 bits per heavy atom. The molecule has 11 heteroatoms. The van der Waals surface area contributed by atoms with Crippen LogP contribution in [-0.4, -0.2) is 61.3 Å². The molecule has 0 radical (unpaired) electrons. The van der Waals surface area contributed by atoms with Crippen molar-refractivity contribution in [2.75, 3.05) is 44.2 Å². The van der Waals surface area contributed by atoms with Crippen LogP contribution in [0, 0.1) is 11.8 Å². The maximum absolute atomic E-state index is 13.0. The zero-order chi connectivity index (χ0) is 20.7. The fourth-order valence-electron chi connectivity index (χ4n) is 3.91. The van der Waals surface area contributed by atoms with E-state index in [-0.39, 0.29) is 23.9 Å². The summed E-state index contributed by atoms with van der Waals surface area (Å²) in [4.78, 5) is 5.58. The molecule has 1 aromatic rings. The van der Waals surface area contributed by atoms with Crippen LogP contribution in [0.4, 0.5) is 19.0 Å². The molecule has 1 aromatic heterocycles. The molecule has 0 aliphatic carbocycles. The number of alkyl halides is 3. The summed E-state index contributed by atoms with van der Waals surface area (Å²) < 4.78 is 67.2. The number of anilines is 1. The topological polar surface area (TPSA) is 56.8 Å². The molecule has 3 heterocycles. The molecule has 2 aliphatic rings. The summed E-state index contributed by atoms with van der Waals surface area (Å²) in [7, 11) is -3.55.